The Morgan fingerprint density at radius 1 is 1.00 bits per heavy atom. The molecule has 2 nitrogen and oxygen atoms in total. The third kappa shape index (κ3) is 18.7. The van der Waals surface area contributed by atoms with Crippen LogP contribution < -0.4 is 56.5 Å². The zero-order valence-corrected chi connectivity index (χ0v) is 14.9. The number of carboxylic acids is 1. The van der Waals surface area contributed by atoms with E-state index in [-0.39, 0.29) is 57.8 Å². The number of hydrogen-bond donors (Lipinski definition) is 0. The van der Waals surface area contributed by atoms with Crippen molar-refractivity contribution < 1.29 is 61.3 Å². The maximum Gasteiger partial charge on any atom is 1.00 e. The molecule has 0 amide bonds. The van der Waals surface area contributed by atoms with E-state index in [1.54, 1.807) is 0 Å². The summed E-state index contributed by atoms with van der Waals surface area (Å²) in [6, 6.07) is 0. The second-order valence-electron chi connectivity index (χ2n) is 3.97. The van der Waals surface area contributed by atoms with Gasteiger partial charge in [-0.1, -0.05) is 49.8 Å². The van der Waals surface area contributed by atoms with Gasteiger partial charge in [0.15, 0.2) is 0 Å². The minimum Gasteiger partial charge on any atom is -0.550 e. The van der Waals surface area contributed by atoms with Crippen molar-refractivity contribution in [2.75, 3.05) is 0 Å². The van der Waals surface area contributed by atoms with E-state index >= 15 is 0 Å². The summed E-state index contributed by atoms with van der Waals surface area (Å²) in [5, 5.41) is 10.1. The number of carboxylic acid groups (broad SMARTS) is 1. The van der Waals surface area contributed by atoms with E-state index in [2.05, 4.69) is 31.2 Å². The van der Waals surface area contributed by atoms with Gasteiger partial charge in [0, 0.05) is 5.97 Å². The average Bonchev–Trinajstić information content (AvgIpc) is 2.30. The largest absolute Gasteiger partial charge is 1.00 e. The van der Waals surface area contributed by atoms with Gasteiger partial charge in [-0.15, -0.1) is 0 Å². The van der Waals surface area contributed by atoms with Crippen LogP contribution in [0, 0.1) is 0 Å². The molecule has 0 radical (unpaired) electrons. The van der Waals surface area contributed by atoms with Crippen LogP contribution in [-0.4, -0.2) is 5.97 Å². The molecule has 0 unspecified atom stereocenters. The second kappa shape index (κ2) is 17.3. The third-order valence-electron chi connectivity index (χ3n) is 2.28. The van der Waals surface area contributed by atoms with Crippen molar-refractivity contribution in [3.05, 3.63) is 36.5 Å². The standard InChI is InChI=1S/C15H24O2.K/c1-2-3-4-5-6-7-8-9-10-11-12-13-14-15(16)17;/h4-5,7-10H,2-3,6,11-14H2,1H3,(H,16,17);/q;+1/p-1. The van der Waals surface area contributed by atoms with E-state index in [4.69, 9.17) is 0 Å². The first kappa shape index (κ1) is 20.6. The number of aliphatic carboxylic acids is 1. The molecule has 0 aromatic rings. The average molecular weight is 274 g/mol. The molecule has 0 saturated heterocycles. The van der Waals surface area contributed by atoms with Gasteiger partial charge in [0.25, 0.3) is 0 Å². The Morgan fingerprint density at radius 2 is 1.72 bits per heavy atom. The number of carbonyl (C=O) groups excluding carboxylic acids is 1. The molecule has 96 valence electrons. The Labute approximate surface area is 154 Å². The van der Waals surface area contributed by atoms with Crippen molar-refractivity contribution in [2.24, 2.45) is 0 Å². The van der Waals surface area contributed by atoms with Crippen LogP contribution in [0.15, 0.2) is 36.5 Å². The van der Waals surface area contributed by atoms with E-state index in [0.29, 0.717) is 6.42 Å². The van der Waals surface area contributed by atoms with E-state index in [1.165, 1.54) is 6.42 Å². The van der Waals surface area contributed by atoms with Crippen molar-refractivity contribution in [3.63, 3.8) is 0 Å². The third-order valence-corrected chi connectivity index (χ3v) is 2.28. The Bertz CT molecular complexity index is 268. The molecule has 3 heteroatoms. The van der Waals surface area contributed by atoms with Crippen LogP contribution in [0.25, 0.3) is 0 Å². The first-order chi connectivity index (χ1) is 8.27. The Balaban J connectivity index is 0. The van der Waals surface area contributed by atoms with Crippen molar-refractivity contribution in [1.29, 1.82) is 0 Å². The van der Waals surface area contributed by atoms with Crippen LogP contribution in [0.1, 0.15) is 51.9 Å². The number of allylic oxidation sites excluding steroid dienone is 6. The van der Waals surface area contributed by atoms with Crippen LogP contribution in [0.3, 0.4) is 0 Å². The zero-order chi connectivity index (χ0) is 12.8. The molecule has 0 N–H and O–H groups in total. The molecule has 0 spiro atoms. The van der Waals surface area contributed by atoms with Gasteiger partial charge in [0.2, 0.25) is 0 Å². The van der Waals surface area contributed by atoms with Gasteiger partial charge in [0.05, 0.1) is 0 Å². The zero-order valence-electron chi connectivity index (χ0n) is 11.7. The minimum absolute atomic E-state index is 0. The fourth-order valence-electron chi connectivity index (χ4n) is 1.32. The number of unbranched alkanes of at least 4 members (excludes halogenated alkanes) is 3. The topological polar surface area (TPSA) is 40.1 Å². The monoisotopic (exact) mass is 274 g/mol. The molecule has 0 fully saturated rings. The first-order valence-corrected chi connectivity index (χ1v) is 6.44. The Kier molecular flexibility index (Phi) is 19.9. The van der Waals surface area contributed by atoms with E-state index in [9.17, 15) is 9.90 Å². The van der Waals surface area contributed by atoms with Crippen LogP contribution in [0.2, 0.25) is 0 Å². The van der Waals surface area contributed by atoms with E-state index in [0.717, 1.165) is 25.7 Å². The summed E-state index contributed by atoms with van der Waals surface area (Å²) in [4.78, 5) is 10.1. The van der Waals surface area contributed by atoms with Crippen LogP contribution in [0.4, 0.5) is 0 Å². The summed E-state index contributed by atoms with van der Waals surface area (Å²) >= 11 is 0. The van der Waals surface area contributed by atoms with E-state index < -0.39 is 5.97 Å². The molecule has 0 atom stereocenters. The number of rotatable bonds is 10. The van der Waals surface area contributed by atoms with Crippen LogP contribution in [-0.2, 0) is 4.79 Å². The fraction of sp³-hybridized carbons (Fsp3) is 0.533. The van der Waals surface area contributed by atoms with Gasteiger partial charge in [-0.3, -0.25) is 0 Å². The first-order valence-electron chi connectivity index (χ1n) is 6.44. The molecule has 0 aliphatic rings. The molecule has 0 aliphatic carbocycles. The molecule has 0 saturated carbocycles. The summed E-state index contributed by atoms with van der Waals surface area (Å²) in [5.74, 6) is -0.951. The molecular weight excluding hydrogens is 251 g/mol. The molecule has 0 aromatic heterocycles. The number of carbonyl (C=O) groups is 1. The molecular formula is C15H23KO2. The quantitative estimate of drug-likeness (QED) is 0.246. The summed E-state index contributed by atoms with van der Waals surface area (Å²) in [6.45, 7) is 2.17. The second-order valence-corrected chi connectivity index (χ2v) is 3.97. The molecule has 0 bridgehead atoms. The summed E-state index contributed by atoms with van der Waals surface area (Å²) in [6.07, 6.45) is 18.7. The van der Waals surface area contributed by atoms with Gasteiger partial charge in [-0.2, -0.15) is 0 Å². The smallest absolute Gasteiger partial charge is 0.550 e. The van der Waals surface area contributed by atoms with Gasteiger partial charge in [-0.25, -0.2) is 0 Å². The summed E-state index contributed by atoms with van der Waals surface area (Å²) in [5.41, 5.74) is 0. The normalized spacial score (nSPS) is 11.4. The Hall–Kier alpha value is 0.326. The van der Waals surface area contributed by atoms with Crippen molar-refractivity contribution in [2.45, 2.75) is 51.9 Å². The maximum atomic E-state index is 10.1. The minimum atomic E-state index is -0.951. The predicted octanol–water partition coefficient (Wildman–Crippen LogP) is 0.160. The van der Waals surface area contributed by atoms with Crippen molar-refractivity contribution in [1.82, 2.24) is 0 Å². The molecule has 18 heavy (non-hydrogen) atoms. The van der Waals surface area contributed by atoms with Crippen LogP contribution in [0.5, 0.6) is 0 Å². The SMILES string of the molecule is CCCC=CCC=CC=CCCCCC(=O)[O-].[K+]. The molecule has 0 aromatic carbocycles. The predicted molar refractivity (Wildman–Crippen MR) is 70.4 cm³/mol. The molecule has 0 aliphatic heterocycles. The maximum absolute atomic E-state index is 10.1. The Morgan fingerprint density at radius 3 is 2.39 bits per heavy atom. The van der Waals surface area contributed by atoms with Gasteiger partial charge >= 0.3 is 51.4 Å². The number of hydrogen-bond acceptors (Lipinski definition) is 2. The molecule has 0 heterocycles. The van der Waals surface area contributed by atoms with Crippen molar-refractivity contribution >= 4 is 5.97 Å². The van der Waals surface area contributed by atoms with Gasteiger partial charge in [0.1, 0.15) is 0 Å². The van der Waals surface area contributed by atoms with Crippen molar-refractivity contribution in [3.8, 4) is 0 Å². The fourth-order valence-corrected chi connectivity index (χ4v) is 1.32. The van der Waals surface area contributed by atoms with Crippen LogP contribution >= 0.6 is 0 Å². The van der Waals surface area contributed by atoms with Gasteiger partial charge < -0.3 is 9.90 Å². The summed E-state index contributed by atoms with van der Waals surface area (Å²) in [7, 11) is 0. The van der Waals surface area contributed by atoms with E-state index in [1.807, 2.05) is 12.2 Å². The summed E-state index contributed by atoms with van der Waals surface area (Å²) < 4.78 is 0. The van der Waals surface area contributed by atoms with Gasteiger partial charge in [-0.05, 0) is 38.5 Å². The molecule has 0 rings (SSSR count).